The first-order chi connectivity index (χ1) is 11.5. The van der Waals surface area contributed by atoms with Crippen molar-refractivity contribution in [1.82, 2.24) is 14.7 Å². The van der Waals surface area contributed by atoms with Crippen molar-refractivity contribution in [2.24, 2.45) is 0 Å². The lowest BCUT2D eigenvalue weighted by atomic mass is 10.2. The average molecular weight is 388 g/mol. The molecule has 1 amide bonds. The Morgan fingerprint density at radius 3 is 2.46 bits per heavy atom. The first kappa shape index (κ1) is 16.4. The molecule has 0 spiro atoms. The number of rotatable bonds is 4. The first-order valence-corrected chi connectivity index (χ1v) is 8.14. The van der Waals surface area contributed by atoms with Crippen molar-refractivity contribution in [3.05, 3.63) is 82.3 Å². The zero-order valence-electron chi connectivity index (χ0n) is 13.0. The van der Waals surface area contributed by atoms with Crippen LogP contribution in [-0.2, 0) is 6.54 Å². The molecule has 122 valence electrons. The maximum absolute atomic E-state index is 13.0. The van der Waals surface area contributed by atoms with Gasteiger partial charge in [0.05, 0.1) is 5.69 Å². The third-order valence-electron chi connectivity index (χ3n) is 3.58. The van der Waals surface area contributed by atoms with Crippen LogP contribution in [0.15, 0.2) is 65.3 Å². The quantitative estimate of drug-likeness (QED) is 0.677. The number of amides is 1. The normalized spacial score (nSPS) is 10.6. The number of halogens is 2. The standard InChI is InChI=1S/C18H15BrFN3O/c1-22(12-13-2-4-14(19)5-3-13)18(24)17-10-11-23(21-17)16-8-6-15(20)7-9-16/h2-11H,12H2,1H3. The minimum Gasteiger partial charge on any atom is -0.336 e. The molecule has 0 aliphatic carbocycles. The van der Waals surface area contributed by atoms with Crippen molar-refractivity contribution in [3.8, 4) is 5.69 Å². The molecule has 0 aliphatic heterocycles. The van der Waals surface area contributed by atoms with Gasteiger partial charge >= 0.3 is 0 Å². The Kier molecular flexibility index (Phi) is 4.76. The predicted octanol–water partition coefficient (Wildman–Crippen LogP) is 4.05. The van der Waals surface area contributed by atoms with E-state index in [2.05, 4.69) is 21.0 Å². The summed E-state index contributed by atoms with van der Waals surface area (Å²) in [5, 5.41) is 4.28. The molecule has 0 N–H and O–H groups in total. The molecule has 3 rings (SSSR count). The summed E-state index contributed by atoms with van der Waals surface area (Å²) in [6.45, 7) is 0.496. The molecule has 24 heavy (non-hydrogen) atoms. The zero-order valence-corrected chi connectivity index (χ0v) is 14.6. The Balaban J connectivity index is 1.73. The van der Waals surface area contributed by atoms with Gasteiger partial charge in [0.1, 0.15) is 5.82 Å². The summed E-state index contributed by atoms with van der Waals surface area (Å²) in [4.78, 5) is 14.1. The summed E-state index contributed by atoms with van der Waals surface area (Å²) in [5.41, 5.74) is 2.08. The Labute approximate surface area is 147 Å². The maximum Gasteiger partial charge on any atom is 0.274 e. The Morgan fingerprint density at radius 2 is 1.79 bits per heavy atom. The van der Waals surface area contributed by atoms with E-state index in [1.165, 1.54) is 12.1 Å². The number of benzene rings is 2. The Morgan fingerprint density at radius 1 is 1.12 bits per heavy atom. The van der Waals surface area contributed by atoms with Crippen LogP contribution in [0.2, 0.25) is 0 Å². The minimum atomic E-state index is -0.309. The largest absolute Gasteiger partial charge is 0.336 e. The van der Waals surface area contributed by atoms with Crippen molar-refractivity contribution in [3.63, 3.8) is 0 Å². The molecule has 1 heterocycles. The van der Waals surface area contributed by atoms with Crippen LogP contribution in [0.1, 0.15) is 16.1 Å². The monoisotopic (exact) mass is 387 g/mol. The summed E-state index contributed by atoms with van der Waals surface area (Å²) in [5.74, 6) is -0.477. The fourth-order valence-corrected chi connectivity index (χ4v) is 2.57. The summed E-state index contributed by atoms with van der Waals surface area (Å²) in [7, 11) is 1.74. The van der Waals surface area contributed by atoms with Gasteiger partial charge in [0.15, 0.2) is 5.69 Å². The number of hydrogen-bond acceptors (Lipinski definition) is 2. The van der Waals surface area contributed by atoms with E-state index in [9.17, 15) is 9.18 Å². The molecular weight excluding hydrogens is 373 g/mol. The predicted molar refractivity (Wildman–Crippen MR) is 93.5 cm³/mol. The van der Waals surface area contributed by atoms with E-state index in [1.54, 1.807) is 41.0 Å². The molecule has 1 aromatic heterocycles. The molecule has 0 saturated heterocycles. The van der Waals surface area contributed by atoms with Gasteiger partial charge in [-0.3, -0.25) is 4.79 Å². The maximum atomic E-state index is 13.0. The molecule has 0 bridgehead atoms. The smallest absolute Gasteiger partial charge is 0.274 e. The van der Waals surface area contributed by atoms with Gasteiger partial charge in [-0.2, -0.15) is 5.10 Å². The number of carbonyl (C=O) groups is 1. The first-order valence-electron chi connectivity index (χ1n) is 7.34. The lowest BCUT2D eigenvalue weighted by Crippen LogP contribution is -2.26. The second-order valence-corrected chi connectivity index (χ2v) is 6.33. The summed E-state index contributed by atoms with van der Waals surface area (Å²) in [6.07, 6.45) is 1.69. The van der Waals surface area contributed by atoms with E-state index >= 15 is 0 Å². The van der Waals surface area contributed by atoms with Crippen LogP contribution in [0.3, 0.4) is 0 Å². The molecule has 0 atom stereocenters. The molecule has 0 fully saturated rings. The van der Waals surface area contributed by atoms with Gasteiger partial charge in [0, 0.05) is 24.3 Å². The third-order valence-corrected chi connectivity index (χ3v) is 4.11. The molecule has 6 heteroatoms. The van der Waals surface area contributed by atoms with Crippen molar-refractivity contribution in [1.29, 1.82) is 0 Å². The molecule has 4 nitrogen and oxygen atoms in total. The topological polar surface area (TPSA) is 38.1 Å². The van der Waals surface area contributed by atoms with Crippen LogP contribution in [0, 0.1) is 5.82 Å². The number of aromatic nitrogens is 2. The average Bonchev–Trinajstić information content (AvgIpc) is 3.07. The second-order valence-electron chi connectivity index (χ2n) is 5.41. The van der Waals surface area contributed by atoms with E-state index in [1.807, 2.05) is 24.3 Å². The van der Waals surface area contributed by atoms with E-state index in [4.69, 9.17) is 0 Å². The van der Waals surface area contributed by atoms with E-state index in [-0.39, 0.29) is 11.7 Å². The highest BCUT2D eigenvalue weighted by Gasteiger charge is 2.15. The van der Waals surface area contributed by atoms with Crippen LogP contribution < -0.4 is 0 Å². The van der Waals surface area contributed by atoms with Crippen LogP contribution in [0.5, 0.6) is 0 Å². The molecular formula is C18H15BrFN3O. The van der Waals surface area contributed by atoms with E-state index in [0.29, 0.717) is 17.9 Å². The zero-order chi connectivity index (χ0) is 17.1. The number of carbonyl (C=O) groups excluding carboxylic acids is 1. The van der Waals surface area contributed by atoms with Gasteiger partial charge in [0.25, 0.3) is 5.91 Å². The summed E-state index contributed by atoms with van der Waals surface area (Å²) >= 11 is 3.39. The second kappa shape index (κ2) is 6.97. The minimum absolute atomic E-state index is 0.168. The molecule has 0 radical (unpaired) electrons. The van der Waals surface area contributed by atoms with Crippen molar-refractivity contribution >= 4 is 21.8 Å². The number of nitrogens with zero attached hydrogens (tertiary/aromatic N) is 3. The number of hydrogen-bond donors (Lipinski definition) is 0. The van der Waals surface area contributed by atoms with Crippen molar-refractivity contribution < 1.29 is 9.18 Å². The van der Waals surface area contributed by atoms with Crippen LogP contribution in [-0.4, -0.2) is 27.6 Å². The van der Waals surface area contributed by atoms with E-state index < -0.39 is 0 Å². The van der Waals surface area contributed by atoms with Gasteiger partial charge in [-0.05, 0) is 48.0 Å². The molecule has 2 aromatic carbocycles. The van der Waals surface area contributed by atoms with Crippen LogP contribution >= 0.6 is 15.9 Å². The lowest BCUT2D eigenvalue weighted by Gasteiger charge is -2.16. The molecule has 0 unspecified atom stereocenters. The van der Waals surface area contributed by atoms with Crippen LogP contribution in [0.25, 0.3) is 5.69 Å². The van der Waals surface area contributed by atoms with Crippen molar-refractivity contribution in [2.45, 2.75) is 6.54 Å². The lowest BCUT2D eigenvalue weighted by molar-refractivity contribution is 0.0779. The van der Waals surface area contributed by atoms with Gasteiger partial charge in [0.2, 0.25) is 0 Å². The van der Waals surface area contributed by atoms with Gasteiger partial charge in [-0.25, -0.2) is 9.07 Å². The van der Waals surface area contributed by atoms with Gasteiger partial charge < -0.3 is 4.90 Å². The fraction of sp³-hybridized carbons (Fsp3) is 0.111. The van der Waals surface area contributed by atoms with E-state index in [0.717, 1.165) is 10.0 Å². The fourth-order valence-electron chi connectivity index (χ4n) is 2.31. The highest BCUT2D eigenvalue weighted by atomic mass is 79.9. The Hall–Kier alpha value is -2.47. The van der Waals surface area contributed by atoms with Crippen LogP contribution in [0.4, 0.5) is 4.39 Å². The summed E-state index contributed by atoms with van der Waals surface area (Å²) in [6, 6.07) is 15.4. The summed E-state index contributed by atoms with van der Waals surface area (Å²) < 4.78 is 15.5. The van der Waals surface area contributed by atoms with Crippen molar-refractivity contribution in [2.75, 3.05) is 7.05 Å². The Bertz CT molecular complexity index is 843. The molecule has 0 aliphatic rings. The highest BCUT2D eigenvalue weighted by molar-refractivity contribution is 9.10. The third kappa shape index (κ3) is 3.71. The SMILES string of the molecule is CN(Cc1ccc(Br)cc1)C(=O)c1ccn(-c2ccc(F)cc2)n1. The molecule has 3 aromatic rings. The van der Waals surface area contributed by atoms with Gasteiger partial charge in [-0.15, -0.1) is 0 Å². The highest BCUT2D eigenvalue weighted by Crippen LogP contribution is 2.14. The van der Waals surface area contributed by atoms with Gasteiger partial charge in [-0.1, -0.05) is 28.1 Å². The molecule has 0 saturated carbocycles.